The molecule has 0 saturated carbocycles. The van der Waals surface area contributed by atoms with Gasteiger partial charge in [-0.2, -0.15) is 5.48 Å². The highest BCUT2D eigenvalue weighted by molar-refractivity contribution is 5.72. The van der Waals surface area contributed by atoms with Crippen LogP contribution in [0.5, 0.6) is 5.75 Å². The number of nitro benzene ring substituents is 2. The second-order valence-corrected chi connectivity index (χ2v) is 2.93. The molecule has 0 aliphatic rings. The van der Waals surface area contributed by atoms with Crippen molar-refractivity contribution in [1.82, 2.24) is 5.48 Å². The van der Waals surface area contributed by atoms with Crippen LogP contribution in [0.15, 0.2) is 18.2 Å². The molecule has 0 fully saturated rings. The first-order valence-electron chi connectivity index (χ1n) is 4.28. The third-order valence-electron chi connectivity index (χ3n) is 1.65. The fourth-order valence-electron chi connectivity index (χ4n) is 0.975. The molecule has 9 nitrogen and oxygen atoms in total. The highest BCUT2D eigenvalue weighted by Crippen LogP contribution is 2.30. The van der Waals surface area contributed by atoms with Gasteiger partial charge in [-0.1, -0.05) is 0 Å². The zero-order valence-electron chi connectivity index (χ0n) is 8.58. The van der Waals surface area contributed by atoms with E-state index in [1.807, 2.05) is 5.48 Å². The Morgan fingerprint density at radius 1 is 1.29 bits per heavy atom. The first-order valence-corrected chi connectivity index (χ1v) is 4.28. The van der Waals surface area contributed by atoms with Crippen LogP contribution in [-0.4, -0.2) is 15.8 Å². The number of benzene rings is 1. The molecule has 0 aliphatic heterocycles. The minimum absolute atomic E-state index is 0.282. The molecule has 0 radical (unpaired) electrons. The summed E-state index contributed by atoms with van der Waals surface area (Å²) in [4.78, 5) is 34.6. The maximum Gasteiger partial charge on any atom is 0.321 e. The summed E-state index contributed by atoms with van der Waals surface area (Å²) in [5, 5.41) is 21.1. The summed E-state index contributed by atoms with van der Waals surface area (Å²) in [6.07, 6.45) is 0. The SMILES string of the molecule is CC(=O)NOc1ccc([N+](=O)[O-])cc1[N+](=O)[O-]. The second kappa shape index (κ2) is 4.88. The summed E-state index contributed by atoms with van der Waals surface area (Å²) in [5.41, 5.74) is 0.851. The van der Waals surface area contributed by atoms with Gasteiger partial charge >= 0.3 is 5.69 Å². The van der Waals surface area contributed by atoms with E-state index in [0.29, 0.717) is 0 Å². The summed E-state index contributed by atoms with van der Waals surface area (Å²) >= 11 is 0. The molecule has 1 amide bonds. The van der Waals surface area contributed by atoms with E-state index in [-0.39, 0.29) is 5.75 Å². The van der Waals surface area contributed by atoms with E-state index >= 15 is 0 Å². The minimum atomic E-state index is -0.843. The van der Waals surface area contributed by atoms with Crippen LogP contribution in [0.25, 0.3) is 0 Å². The van der Waals surface area contributed by atoms with Crippen LogP contribution in [0.1, 0.15) is 6.92 Å². The zero-order chi connectivity index (χ0) is 13.0. The van der Waals surface area contributed by atoms with Crippen LogP contribution in [0.4, 0.5) is 11.4 Å². The molecule has 0 heterocycles. The Balaban J connectivity index is 3.08. The quantitative estimate of drug-likeness (QED) is 0.617. The van der Waals surface area contributed by atoms with Crippen molar-refractivity contribution in [3.05, 3.63) is 38.4 Å². The second-order valence-electron chi connectivity index (χ2n) is 2.93. The van der Waals surface area contributed by atoms with Crippen molar-refractivity contribution in [3.8, 4) is 5.75 Å². The van der Waals surface area contributed by atoms with Crippen molar-refractivity contribution in [2.45, 2.75) is 6.92 Å². The lowest BCUT2D eigenvalue weighted by atomic mass is 10.2. The number of hydrogen-bond donors (Lipinski definition) is 1. The maximum atomic E-state index is 10.6. The molecule has 0 bridgehead atoms. The highest BCUT2D eigenvalue weighted by atomic mass is 16.7. The summed E-state index contributed by atoms with van der Waals surface area (Å²) in [6, 6.07) is 2.81. The van der Waals surface area contributed by atoms with Crippen LogP contribution >= 0.6 is 0 Å². The van der Waals surface area contributed by atoms with Gasteiger partial charge < -0.3 is 4.84 Å². The van der Waals surface area contributed by atoms with E-state index in [0.717, 1.165) is 25.1 Å². The monoisotopic (exact) mass is 241 g/mol. The first-order chi connectivity index (χ1) is 7.91. The Kier molecular flexibility index (Phi) is 3.55. The molecule has 1 aromatic carbocycles. The van der Waals surface area contributed by atoms with Crippen molar-refractivity contribution >= 4 is 17.3 Å². The van der Waals surface area contributed by atoms with Gasteiger partial charge in [0.05, 0.1) is 15.9 Å². The van der Waals surface area contributed by atoms with Crippen molar-refractivity contribution in [2.75, 3.05) is 0 Å². The molecule has 90 valence electrons. The number of non-ortho nitro benzene ring substituents is 1. The smallest absolute Gasteiger partial charge is 0.321 e. The number of nitrogens with one attached hydrogen (secondary N) is 1. The van der Waals surface area contributed by atoms with E-state index in [1.165, 1.54) is 0 Å². The fourth-order valence-corrected chi connectivity index (χ4v) is 0.975. The Hall–Kier alpha value is -2.71. The molecule has 17 heavy (non-hydrogen) atoms. The number of carbonyl (C=O) groups excluding carboxylic acids is 1. The van der Waals surface area contributed by atoms with Crippen molar-refractivity contribution in [3.63, 3.8) is 0 Å². The molecule has 1 aromatic rings. The fraction of sp³-hybridized carbons (Fsp3) is 0.125. The van der Waals surface area contributed by atoms with Crippen LogP contribution in [0, 0.1) is 20.2 Å². The molecule has 1 N–H and O–H groups in total. The summed E-state index contributed by atoms with van der Waals surface area (Å²) in [6.45, 7) is 1.15. The van der Waals surface area contributed by atoms with Crippen LogP contribution in [0.3, 0.4) is 0 Å². The Bertz CT molecular complexity index is 486. The number of hydroxylamine groups is 1. The van der Waals surface area contributed by atoms with Gasteiger partial charge in [-0.3, -0.25) is 25.0 Å². The Morgan fingerprint density at radius 2 is 1.94 bits per heavy atom. The molecular weight excluding hydrogens is 234 g/mol. The molecule has 0 spiro atoms. The predicted molar refractivity (Wildman–Crippen MR) is 54.2 cm³/mol. The molecule has 0 saturated heterocycles. The van der Waals surface area contributed by atoms with E-state index in [2.05, 4.69) is 4.84 Å². The number of nitro groups is 2. The average Bonchev–Trinajstić information content (AvgIpc) is 2.25. The van der Waals surface area contributed by atoms with Crippen molar-refractivity contribution < 1.29 is 19.5 Å². The molecule has 0 aliphatic carbocycles. The lowest BCUT2D eigenvalue weighted by molar-refractivity contribution is -0.394. The van der Waals surface area contributed by atoms with Crippen molar-refractivity contribution in [1.29, 1.82) is 0 Å². The van der Waals surface area contributed by atoms with E-state index in [1.54, 1.807) is 0 Å². The summed E-state index contributed by atoms with van der Waals surface area (Å²) < 4.78 is 0. The summed E-state index contributed by atoms with van der Waals surface area (Å²) in [7, 11) is 0. The zero-order valence-corrected chi connectivity index (χ0v) is 8.58. The lowest BCUT2D eigenvalue weighted by Gasteiger charge is -2.04. The third kappa shape index (κ3) is 3.12. The number of amides is 1. The molecule has 1 rings (SSSR count). The van der Waals surface area contributed by atoms with E-state index in [4.69, 9.17) is 0 Å². The molecule has 0 aromatic heterocycles. The van der Waals surface area contributed by atoms with Crippen LogP contribution in [-0.2, 0) is 4.79 Å². The largest absolute Gasteiger partial charge is 0.372 e. The normalized spacial score (nSPS) is 9.47. The molecule has 0 atom stereocenters. The number of nitrogens with zero attached hydrogens (tertiary/aromatic N) is 2. The van der Waals surface area contributed by atoms with Gasteiger partial charge in [0.2, 0.25) is 11.7 Å². The van der Waals surface area contributed by atoms with E-state index in [9.17, 15) is 25.0 Å². The first kappa shape index (κ1) is 12.4. The predicted octanol–water partition coefficient (Wildman–Crippen LogP) is 0.933. The van der Waals surface area contributed by atoms with Gasteiger partial charge in [-0.15, -0.1) is 0 Å². The molecular formula is C8H7N3O6. The van der Waals surface area contributed by atoms with Gasteiger partial charge in [0.1, 0.15) is 0 Å². The van der Waals surface area contributed by atoms with Gasteiger partial charge in [0.15, 0.2) is 0 Å². The van der Waals surface area contributed by atoms with Crippen LogP contribution in [0.2, 0.25) is 0 Å². The molecule has 9 heteroatoms. The van der Waals surface area contributed by atoms with Gasteiger partial charge in [-0.25, -0.2) is 0 Å². The summed E-state index contributed by atoms with van der Waals surface area (Å²) in [5.74, 6) is -0.839. The van der Waals surface area contributed by atoms with Crippen molar-refractivity contribution in [2.24, 2.45) is 0 Å². The number of hydrogen-bond acceptors (Lipinski definition) is 6. The Labute approximate surface area is 94.2 Å². The topological polar surface area (TPSA) is 125 Å². The standard InChI is InChI=1S/C8H7N3O6/c1-5(12)9-17-8-3-2-6(10(13)14)4-7(8)11(15)16/h2-4H,1H3,(H,9,12). The third-order valence-corrected chi connectivity index (χ3v) is 1.65. The number of carbonyl (C=O) groups is 1. The average molecular weight is 241 g/mol. The number of rotatable bonds is 4. The van der Waals surface area contributed by atoms with Crippen LogP contribution < -0.4 is 10.3 Å². The maximum absolute atomic E-state index is 10.6. The lowest BCUT2D eigenvalue weighted by Crippen LogP contribution is -2.24. The van der Waals surface area contributed by atoms with Gasteiger partial charge in [-0.05, 0) is 6.07 Å². The highest BCUT2D eigenvalue weighted by Gasteiger charge is 2.21. The van der Waals surface area contributed by atoms with Gasteiger partial charge in [0, 0.05) is 13.0 Å². The minimum Gasteiger partial charge on any atom is -0.372 e. The Morgan fingerprint density at radius 3 is 2.41 bits per heavy atom. The van der Waals surface area contributed by atoms with E-state index < -0.39 is 27.1 Å². The molecule has 0 unspecified atom stereocenters. The van der Waals surface area contributed by atoms with Gasteiger partial charge in [0.25, 0.3) is 5.69 Å².